The summed E-state index contributed by atoms with van der Waals surface area (Å²) in [4.78, 5) is 56.0. The predicted molar refractivity (Wildman–Crippen MR) is 335 cm³/mol. The van der Waals surface area contributed by atoms with Crippen molar-refractivity contribution in [3.05, 3.63) is 107 Å². The lowest BCUT2D eigenvalue weighted by molar-refractivity contribution is -0.349. The van der Waals surface area contributed by atoms with E-state index in [0.29, 0.717) is 37.1 Å². The van der Waals surface area contributed by atoms with E-state index in [1.807, 2.05) is 0 Å². The monoisotopic (exact) mass is 1460 g/mol. The quantitative estimate of drug-likeness (QED) is 0.0180. The number of benzene rings is 3. The molecule has 0 radical (unpaired) electrons. The number of carboxylic acids is 1. The third-order valence-corrected chi connectivity index (χ3v) is 20.1. The fourth-order valence-electron chi connectivity index (χ4n) is 14.5. The molecule has 3 saturated carbocycles. The van der Waals surface area contributed by atoms with Crippen LogP contribution in [0.25, 0.3) is 22.5 Å². The van der Waals surface area contributed by atoms with E-state index in [0.717, 1.165) is 41.0 Å². The minimum absolute atomic E-state index is 0.0216. The maximum absolute atomic E-state index is 14.5. The van der Waals surface area contributed by atoms with Gasteiger partial charge in [-0.25, -0.2) is 45.3 Å². The van der Waals surface area contributed by atoms with Crippen LogP contribution in [0, 0.1) is 58.6 Å². The number of halogens is 6. The molecular weight excluding hydrogens is 1380 g/mol. The summed E-state index contributed by atoms with van der Waals surface area (Å²) in [5.74, 6) is -16.4. The van der Waals surface area contributed by atoms with Crippen LogP contribution in [0.2, 0.25) is 0 Å². The van der Waals surface area contributed by atoms with E-state index in [1.165, 1.54) is 19.1 Å². The summed E-state index contributed by atoms with van der Waals surface area (Å²) in [5.41, 5.74) is -1.00. The van der Waals surface area contributed by atoms with Crippen molar-refractivity contribution < 1.29 is 134 Å². The summed E-state index contributed by atoms with van der Waals surface area (Å²) in [5, 5.41) is 133. The zero-order chi connectivity index (χ0) is 73.8. The Morgan fingerprint density at radius 3 is 1.71 bits per heavy atom. The largest absolute Gasteiger partial charge is 0.479 e. The van der Waals surface area contributed by atoms with Gasteiger partial charge in [-0.15, -0.1) is 10.2 Å². The Kier molecular flexibility index (Phi) is 25.0. The zero-order valence-electron chi connectivity index (χ0n) is 55.5. The third kappa shape index (κ3) is 17.2. The smallest absolute Gasteiger partial charge is 0.338 e. The first-order valence-electron chi connectivity index (χ1n) is 34.0. The molecule has 5 aromatic rings. The molecule has 24 atom stereocenters. The van der Waals surface area contributed by atoms with Gasteiger partial charge in [0.25, 0.3) is 0 Å². The number of carbonyl (C=O) groups excluding carboxylic acids is 3. The molecule has 0 bridgehead atoms. The SMILES string of the molecule is CC1CC(C(=O)NCCNC(=O)C2CC(n3cc(-c4cc(F)c(F)c(F)c4)nn3)C(O)[C@H](O[C@@H]3OC(CO)[C@H](O)C(n4cc(-c5cc(F)c(F)c(F)c5)nn4)C3O)C2)C[C@@H](O[C@@H]2OC(CO)[C@H](O)C(O[C@@H](CC3CCCCC3)C(=O)O)C2OC(=O)c2ccccc2)C1O[C@@H]1OC(C)[C@@H](O)C(O)C1O. The van der Waals surface area contributed by atoms with Crippen molar-refractivity contribution in [2.75, 3.05) is 26.3 Å². The van der Waals surface area contributed by atoms with Crippen LogP contribution < -0.4 is 10.6 Å². The van der Waals surface area contributed by atoms with Gasteiger partial charge in [0, 0.05) is 36.1 Å². The predicted octanol–water partition coefficient (Wildman–Crippen LogP) is 1.40. The maximum Gasteiger partial charge on any atom is 0.338 e. The normalized spacial score (nSPS) is 34.0. The van der Waals surface area contributed by atoms with Gasteiger partial charge in [-0.1, -0.05) is 67.7 Å². The lowest BCUT2D eigenvalue weighted by Gasteiger charge is -2.48. The number of hydrogen-bond acceptors (Lipinski definition) is 25. The van der Waals surface area contributed by atoms with Gasteiger partial charge in [-0.3, -0.25) is 9.59 Å². The minimum Gasteiger partial charge on any atom is -0.479 e. The van der Waals surface area contributed by atoms with Crippen LogP contribution in [0.3, 0.4) is 0 Å². The fraction of sp³-hybridized carbons (Fsp3) is 0.612. The van der Waals surface area contributed by atoms with E-state index in [4.69, 9.17) is 37.9 Å². The van der Waals surface area contributed by atoms with E-state index >= 15 is 0 Å². The number of esters is 1. The Balaban J connectivity index is 0.818. The third-order valence-electron chi connectivity index (χ3n) is 20.1. The summed E-state index contributed by atoms with van der Waals surface area (Å²) in [6, 6.07) is 7.23. The number of nitrogens with one attached hydrogen (secondary N) is 2. The molecule has 6 fully saturated rings. The van der Waals surface area contributed by atoms with Crippen LogP contribution in [0.5, 0.6) is 0 Å². The average molecular weight is 1470 g/mol. The molecule has 564 valence electrons. The number of aliphatic hydroxyl groups excluding tert-OH is 9. The lowest BCUT2D eigenvalue weighted by atomic mass is 9.77. The summed E-state index contributed by atoms with van der Waals surface area (Å²) in [6.07, 6.45) is -25.8. The van der Waals surface area contributed by atoms with Gasteiger partial charge in [0.15, 0.2) is 66.0 Å². The molecule has 3 aliphatic carbocycles. The van der Waals surface area contributed by atoms with Crippen molar-refractivity contribution in [1.82, 2.24) is 40.6 Å². The molecule has 11 rings (SSSR count). The fourth-order valence-corrected chi connectivity index (χ4v) is 14.5. The molecule has 15 unspecified atom stereocenters. The topological polar surface area (TPSA) is 430 Å². The highest BCUT2D eigenvalue weighted by Crippen LogP contribution is 2.42. The molecule has 0 spiro atoms. The highest BCUT2D eigenvalue weighted by molar-refractivity contribution is 5.89. The van der Waals surface area contributed by atoms with Crippen molar-refractivity contribution in [3.63, 3.8) is 0 Å². The molecule has 3 aliphatic heterocycles. The molecule has 6 aliphatic rings. The minimum atomic E-state index is -1.98. The number of aliphatic carboxylic acids is 1. The number of aromatic nitrogens is 6. The molecule has 5 heterocycles. The van der Waals surface area contributed by atoms with Gasteiger partial charge in [0.05, 0.1) is 61.6 Å². The second-order valence-corrected chi connectivity index (χ2v) is 27.1. The number of ether oxygens (including phenoxy) is 8. The standard InChI is InChI=1S/C67H82F6N8O22/c1-28-15-34(23-44(58(28)103-66-57(90)56(89)51(84)29(2)96-66)99-67-60(102-64(95)31-11-7-4-8-12-31)59(54(87)47(27-83)101-67)97-45(63(93)94)16-30-9-5-3-6-10-30)61(91)74-13-14-75-62(92)35-21-42(80-24-40(76-78-80)32-17-36(68)48(72)37(69)18-32)52(85)43(22-35)98-65-55(88)50(53(86)46(26-82)100-65)81-25-41(77-79-81)33-19-38(70)49(73)39(71)20-33/h4,7-8,11-12,17-20,24-25,28-30,34-35,42-47,50-60,65-67,82-90H,3,5-6,9-10,13-16,21-23,26-27H2,1-2H3,(H,74,91)(H,75,92)(H,93,94)/t28?,29?,34?,35?,42?,43-,44-,45+,46?,47?,50?,51-,52?,53+,54+,55?,56?,57?,58?,59?,60?,65-,66+,67-/m1/s1. The number of carbonyl (C=O) groups is 4. The van der Waals surface area contributed by atoms with Gasteiger partial charge in [0.1, 0.15) is 78.5 Å². The van der Waals surface area contributed by atoms with Crippen molar-refractivity contribution >= 4 is 23.8 Å². The second kappa shape index (κ2) is 33.5. The maximum atomic E-state index is 14.5. The van der Waals surface area contributed by atoms with Crippen LogP contribution in [-0.2, 0) is 52.3 Å². The van der Waals surface area contributed by atoms with Crippen molar-refractivity contribution in [2.24, 2.45) is 23.7 Å². The van der Waals surface area contributed by atoms with Crippen molar-refractivity contribution in [3.8, 4) is 22.5 Å². The first-order valence-corrected chi connectivity index (χ1v) is 34.0. The molecule has 3 aromatic carbocycles. The van der Waals surface area contributed by atoms with E-state index in [9.17, 15) is 96.6 Å². The Morgan fingerprint density at radius 2 is 1.12 bits per heavy atom. The van der Waals surface area contributed by atoms with Gasteiger partial charge in [0.2, 0.25) is 11.8 Å². The first-order chi connectivity index (χ1) is 49.2. The summed E-state index contributed by atoms with van der Waals surface area (Å²) in [7, 11) is 0. The molecule has 12 N–H and O–H groups in total. The van der Waals surface area contributed by atoms with Gasteiger partial charge >= 0.3 is 11.9 Å². The van der Waals surface area contributed by atoms with Crippen LogP contribution in [-0.4, -0.2) is 248 Å². The number of amides is 2. The summed E-state index contributed by atoms with van der Waals surface area (Å²) < 4.78 is 137. The van der Waals surface area contributed by atoms with E-state index in [2.05, 4.69) is 31.3 Å². The van der Waals surface area contributed by atoms with E-state index < -0.39 is 218 Å². The summed E-state index contributed by atoms with van der Waals surface area (Å²) in [6.45, 7) is 0.744. The second-order valence-electron chi connectivity index (χ2n) is 27.1. The Hall–Kier alpha value is -7.24. The number of carboxylic acid groups (broad SMARTS) is 1. The Morgan fingerprint density at radius 1 is 0.583 bits per heavy atom. The van der Waals surface area contributed by atoms with E-state index in [1.54, 1.807) is 25.1 Å². The highest BCUT2D eigenvalue weighted by atomic mass is 19.2. The zero-order valence-corrected chi connectivity index (χ0v) is 55.5. The Bertz CT molecular complexity index is 3690. The van der Waals surface area contributed by atoms with Crippen molar-refractivity contribution in [2.45, 2.75) is 207 Å². The molecule has 2 amide bonds. The number of nitrogens with zero attached hydrogens (tertiary/aromatic N) is 6. The van der Waals surface area contributed by atoms with Crippen LogP contribution >= 0.6 is 0 Å². The van der Waals surface area contributed by atoms with Gasteiger partial charge < -0.3 is 99.6 Å². The van der Waals surface area contributed by atoms with Crippen LogP contribution in [0.1, 0.15) is 100 Å². The molecule has 103 heavy (non-hydrogen) atoms. The number of rotatable bonds is 24. The average Bonchev–Trinajstić information content (AvgIpc) is 1.73. The highest BCUT2D eigenvalue weighted by Gasteiger charge is 2.55. The van der Waals surface area contributed by atoms with Crippen LogP contribution in [0.15, 0.2) is 67.0 Å². The van der Waals surface area contributed by atoms with Crippen molar-refractivity contribution in [1.29, 1.82) is 0 Å². The number of hydrogen-bond donors (Lipinski definition) is 12. The molecule has 2 aromatic heterocycles. The lowest BCUT2D eigenvalue weighted by Crippen LogP contribution is -2.64. The first kappa shape index (κ1) is 76.9. The molecule has 36 heteroatoms. The summed E-state index contributed by atoms with van der Waals surface area (Å²) >= 11 is 0. The van der Waals surface area contributed by atoms with Gasteiger partial charge in [-0.2, -0.15) is 0 Å². The van der Waals surface area contributed by atoms with E-state index in [-0.39, 0.29) is 79.2 Å². The molecule has 3 saturated heterocycles. The molecular formula is C67H82F6N8O22. The Labute approximate surface area is 583 Å². The molecule has 30 nitrogen and oxygen atoms in total. The van der Waals surface area contributed by atoms with Gasteiger partial charge in [-0.05, 0) is 87.3 Å². The van der Waals surface area contributed by atoms with Crippen LogP contribution in [0.4, 0.5) is 26.3 Å². The number of aliphatic hydroxyl groups is 9.